The van der Waals surface area contributed by atoms with Crippen molar-refractivity contribution in [3.63, 3.8) is 0 Å². The van der Waals surface area contributed by atoms with Crippen LogP contribution in [-0.4, -0.2) is 47.2 Å². The standard InChI is InChI=1S/C16H30N2O2/c1-15(2)9-11-18(12-15)10-5-4-8-16(3,14(19)20)17-13-6-7-13/h13,17H,4-12H2,1-3H3,(H,19,20). The number of hydrogen-bond donors (Lipinski definition) is 2. The van der Waals surface area contributed by atoms with Gasteiger partial charge in [-0.1, -0.05) is 13.8 Å². The molecule has 0 spiro atoms. The summed E-state index contributed by atoms with van der Waals surface area (Å²) in [6, 6.07) is 0.440. The van der Waals surface area contributed by atoms with E-state index in [9.17, 15) is 9.90 Å². The van der Waals surface area contributed by atoms with Gasteiger partial charge in [0, 0.05) is 12.6 Å². The average molecular weight is 282 g/mol. The summed E-state index contributed by atoms with van der Waals surface area (Å²) in [5.74, 6) is -0.702. The smallest absolute Gasteiger partial charge is 0.323 e. The van der Waals surface area contributed by atoms with Crippen LogP contribution in [0.15, 0.2) is 0 Å². The zero-order valence-electron chi connectivity index (χ0n) is 13.2. The Morgan fingerprint density at radius 1 is 1.40 bits per heavy atom. The van der Waals surface area contributed by atoms with E-state index in [0.717, 1.165) is 38.6 Å². The molecule has 2 rings (SSSR count). The average Bonchev–Trinajstić information content (AvgIpc) is 3.08. The quantitative estimate of drug-likeness (QED) is 0.672. The minimum Gasteiger partial charge on any atom is -0.480 e. The molecule has 1 heterocycles. The van der Waals surface area contributed by atoms with Crippen molar-refractivity contribution >= 4 is 5.97 Å². The molecule has 0 amide bonds. The summed E-state index contributed by atoms with van der Waals surface area (Å²) in [5.41, 5.74) is -0.269. The number of carboxylic acids is 1. The van der Waals surface area contributed by atoms with Crippen LogP contribution in [0.5, 0.6) is 0 Å². The molecule has 1 aliphatic carbocycles. The molecule has 0 aromatic heterocycles. The van der Waals surface area contributed by atoms with Gasteiger partial charge in [0.2, 0.25) is 0 Å². The van der Waals surface area contributed by atoms with Gasteiger partial charge in [0.25, 0.3) is 0 Å². The first-order valence-corrected chi connectivity index (χ1v) is 8.04. The first-order chi connectivity index (χ1) is 9.31. The van der Waals surface area contributed by atoms with Gasteiger partial charge in [-0.2, -0.15) is 0 Å². The lowest BCUT2D eigenvalue weighted by Gasteiger charge is -2.27. The highest BCUT2D eigenvalue weighted by molar-refractivity contribution is 5.78. The molecule has 0 bridgehead atoms. The maximum Gasteiger partial charge on any atom is 0.323 e. The van der Waals surface area contributed by atoms with E-state index in [0.29, 0.717) is 11.5 Å². The van der Waals surface area contributed by atoms with Crippen LogP contribution in [-0.2, 0) is 4.79 Å². The number of rotatable bonds is 8. The van der Waals surface area contributed by atoms with Gasteiger partial charge in [-0.25, -0.2) is 0 Å². The minimum absolute atomic E-state index is 0.440. The van der Waals surface area contributed by atoms with Crippen molar-refractivity contribution in [2.75, 3.05) is 19.6 Å². The highest BCUT2D eigenvalue weighted by atomic mass is 16.4. The van der Waals surface area contributed by atoms with Crippen molar-refractivity contribution in [2.24, 2.45) is 5.41 Å². The fraction of sp³-hybridized carbons (Fsp3) is 0.938. The lowest BCUT2D eigenvalue weighted by Crippen LogP contribution is -2.50. The summed E-state index contributed by atoms with van der Waals surface area (Å²) in [6.07, 6.45) is 6.36. The van der Waals surface area contributed by atoms with Crippen LogP contribution >= 0.6 is 0 Å². The van der Waals surface area contributed by atoms with Gasteiger partial charge in [-0.15, -0.1) is 0 Å². The topological polar surface area (TPSA) is 52.6 Å². The van der Waals surface area contributed by atoms with E-state index in [-0.39, 0.29) is 0 Å². The van der Waals surface area contributed by atoms with Crippen LogP contribution in [0.3, 0.4) is 0 Å². The summed E-state index contributed by atoms with van der Waals surface area (Å²) in [4.78, 5) is 14.0. The van der Waals surface area contributed by atoms with Crippen LogP contribution in [0.4, 0.5) is 0 Å². The van der Waals surface area contributed by atoms with E-state index in [2.05, 4.69) is 24.1 Å². The Balaban J connectivity index is 1.67. The second-order valence-electron chi connectivity index (χ2n) is 7.70. The first kappa shape index (κ1) is 15.8. The van der Waals surface area contributed by atoms with Gasteiger partial charge in [0.1, 0.15) is 5.54 Å². The third kappa shape index (κ3) is 4.45. The number of nitrogens with one attached hydrogen (secondary N) is 1. The zero-order valence-corrected chi connectivity index (χ0v) is 13.2. The molecule has 4 nitrogen and oxygen atoms in total. The van der Waals surface area contributed by atoms with Crippen molar-refractivity contribution in [2.45, 2.75) is 70.9 Å². The molecule has 1 aliphatic heterocycles. The van der Waals surface area contributed by atoms with E-state index in [1.54, 1.807) is 0 Å². The molecule has 0 aromatic rings. The summed E-state index contributed by atoms with van der Waals surface area (Å²) >= 11 is 0. The minimum atomic E-state index is -0.731. The molecule has 2 fully saturated rings. The van der Waals surface area contributed by atoms with E-state index in [1.165, 1.54) is 19.5 Å². The molecule has 0 radical (unpaired) electrons. The molecular weight excluding hydrogens is 252 g/mol. The Morgan fingerprint density at radius 3 is 2.60 bits per heavy atom. The second kappa shape index (κ2) is 6.02. The molecule has 116 valence electrons. The number of carbonyl (C=O) groups is 1. The van der Waals surface area contributed by atoms with Crippen LogP contribution in [0.1, 0.15) is 59.3 Å². The largest absolute Gasteiger partial charge is 0.480 e. The lowest BCUT2D eigenvalue weighted by molar-refractivity contribution is -0.144. The molecular formula is C16H30N2O2. The van der Waals surface area contributed by atoms with Crippen molar-refractivity contribution in [1.29, 1.82) is 0 Å². The van der Waals surface area contributed by atoms with Gasteiger partial charge in [0.05, 0.1) is 0 Å². The summed E-state index contributed by atoms with van der Waals surface area (Å²) in [6.45, 7) is 9.99. The fourth-order valence-electron chi connectivity index (χ4n) is 3.15. The molecule has 0 aromatic carbocycles. The molecule has 1 saturated carbocycles. The number of unbranched alkanes of at least 4 members (excludes halogenated alkanes) is 1. The maximum atomic E-state index is 11.4. The van der Waals surface area contributed by atoms with Crippen molar-refractivity contribution < 1.29 is 9.90 Å². The van der Waals surface area contributed by atoms with Gasteiger partial charge >= 0.3 is 5.97 Å². The normalized spacial score (nSPS) is 25.6. The van der Waals surface area contributed by atoms with Crippen molar-refractivity contribution in [3.05, 3.63) is 0 Å². The van der Waals surface area contributed by atoms with E-state index in [1.807, 2.05) is 6.92 Å². The molecule has 1 unspecified atom stereocenters. The number of carboxylic acid groups (broad SMARTS) is 1. The van der Waals surface area contributed by atoms with Gasteiger partial charge in [-0.05, 0) is 64.0 Å². The Kier molecular flexibility index (Phi) is 4.75. The Labute approximate surface area is 122 Å². The Hall–Kier alpha value is -0.610. The van der Waals surface area contributed by atoms with E-state index >= 15 is 0 Å². The number of likely N-dealkylation sites (tertiary alicyclic amines) is 1. The third-order valence-corrected chi connectivity index (χ3v) is 4.73. The zero-order chi connectivity index (χ0) is 14.8. The predicted octanol–water partition coefficient (Wildman–Crippen LogP) is 2.48. The number of aliphatic carboxylic acids is 1. The number of nitrogens with zero attached hydrogens (tertiary/aromatic N) is 1. The van der Waals surface area contributed by atoms with Crippen molar-refractivity contribution in [3.8, 4) is 0 Å². The molecule has 4 heteroatoms. The lowest BCUT2D eigenvalue weighted by atomic mass is 9.93. The molecule has 20 heavy (non-hydrogen) atoms. The van der Waals surface area contributed by atoms with Gasteiger partial charge < -0.3 is 10.0 Å². The van der Waals surface area contributed by atoms with E-state index in [4.69, 9.17) is 0 Å². The van der Waals surface area contributed by atoms with Crippen LogP contribution in [0.2, 0.25) is 0 Å². The SMILES string of the molecule is CC1(C)CCN(CCCCC(C)(NC2CC2)C(=O)O)C1. The van der Waals surface area contributed by atoms with Crippen LogP contribution < -0.4 is 5.32 Å². The highest BCUT2D eigenvalue weighted by Gasteiger charge is 2.38. The number of hydrogen-bond acceptors (Lipinski definition) is 3. The maximum absolute atomic E-state index is 11.4. The van der Waals surface area contributed by atoms with Crippen molar-refractivity contribution in [1.82, 2.24) is 10.2 Å². The Morgan fingerprint density at radius 2 is 2.10 bits per heavy atom. The highest BCUT2D eigenvalue weighted by Crippen LogP contribution is 2.29. The summed E-state index contributed by atoms with van der Waals surface area (Å²) < 4.78 is 0. The van der Waals surface area contributed by atoms with Crippen LogP contribution in [0.25, 0.3) is 0 Å². The molecule has 2 aliphatic rings. The Bertz CT molecular complexity index is 352. The molecule has 1 saturated heterocycles. The molecule has 2 N–H and O–H groups in total. The van der Waals surface area contributed by atoms with Gasteiger partial charge in [0.15, 0.2) is 0 Å². The second-order valence-corrected chi connectivity index (χ2v) is 7.70. The summed E-state index contributed by atoms with van der Waals surface area (Å²) in [7, 11) is 0. The summed E-state index contributed by atoms with van der Waals surface area (Å²) in [5, 5.41) is 12.7. The predicted molar refractivity (Wildman–Crippen MR) is 80.9 cm³/mol. The van der Waals surface area contributed by atoms with E-state index < -0.39 is 11.5 Å². The van der Waals surface area contributed by atoms with Crippen LogP contribution in [0, 0.1) is 5.41 Å². The monoisotopic (exact) mass is 282 g/mol. The van der Waals surface area contributed by atoms with Gasteiger partial charge in [-0.3, -0.25) is 10.1 Å². The molecule has 1 atom stereocenters. The first-order valence-electron chi connectivity index (χ1n) is 8.04. The third-order valence-electron chi connectivity index (χ3n) is 4.73. The fourth-order valence-corrected chi connectivity index (χ4v) is 3.15.